The molecule has 2 bridgehead atoms. The third-order valence-corrected chi connectivity index (χ3v) is 3.92. The fourth-order valence-electron chi connectivity index (χ4n) is 3.16. The third-order valence-electron chi connectivity index (χ3n) is 3.92. The molecule has 1 N–H and O–H groups in total. The Morgan fingerprint density at radius 2 is 1.85 bits per heavy atom. The molecule has 0 saturated heterocycles. The molecule has 13 heavy (non-hydrogen) atoms. The first-order valence-electron chi connectivity index (χ1n) is 5.46. The number of carbonyl (C=O) groups is 1. The molecule has 2 heteroatoms. The van der Waals surface area contributed by atoms with Crippen LogP contribution in [0.4, 0.5) is 0 Å². The van der Waals surface area contributed by atoms with Crippen LogP contribution in [0.3, 0.4) is 0 Å². The summed E-state index contributed by atoms with van der Waals surface area (Å²) < 4.78 is 0. The molecule has 0 heterocycles. The van der Waals surface area contributed by atoms with Gasteiger partial charge in [-0.05, 0) is 25.2 Å². The summed E-state index contributed by atoms with van der Waals surface area (Å²) in [5.74, 6) is 0.187. The second-order valence-corrected chi connectivity index (χ2v) is 4.79. The highest BCUT2D eigenvalue weighted by atomic mass is 16.4. The lowest BCUT2D eigenvalue weighted by molar-refractivity contribution is -0.152. The lowest BCUT2D eigenvalue weighted by Gasteiger charge is -2.35. The molecule has 2 saturated carbocycles. The van der Waals surface area contributed by atoms with Gasteiger partial charge < -0.3 is 5.11 Å². The summed E-state index contributed by atoms with van der Waals surface area (Å²) in [7, 11) is 0. The maximum atomic E-state index is 11.2. The summed E-state index contributed by atoms with van der Waals surface area (Å²) in [6, 6.07) is 0. The molecule has 0 aromatic rings. The summed E-state index contributed by atoms with van der Waals surface area (Å²) in [6.07, 6.45) is 8.88. The molecule has 0 amide bonds. The van der Waals surface area contributed by atoms with Crippen molar-refractivity contribution < 1.29 is 9.90 Å². The quantitative estimate of drug-likeness (QED) is 0.677. The average Bonchev–Trinajstić information content (AvgIpc) is 2.26. The van der Waals surface area contributed by atoms with Gasteiger partial charge in [0.25, 0.3) is 0 Å². The average molecular weight is 182 g/mol. The number of hydrogen-bond acceptors (Lipinski definition) is 1. The molecule has 2 aliphatic carbocycles. The highest BCUT2D eigenvalue weighted by Crippen LogP contribution is 2.47. The van der Waals surface area contributed by atoms with Gasteiger partial charge in [0.1, 0.15) is 0 Å². The molecular weight excluding hydrogens is 164 g/mol. The van der Waals surface area contributed by atoms with E-state index in [1.165, 1.54) is 19.3 Å². The van der Waals surface area contributed by atoms with E-state index in [-0.39, 0.29) is 5.41 Å². The normalized spacial score (nSPS) is 39.5. The molecule has 2 fully saturated rings. The van der Waals surface area contributed by atoms with Gasteiger partial charge in [-0.25, -0.2) is 0 Å². The van der Waals surface area contributed by atoms with Crippen LogP contribution in [0.25, 0.3) is 0 Å². The lowest BCUT2D eigenvalue weighted by atomic mass is 9.68. The number of carboxylic acids is 1. The Morgan fingerprint density at radius 1 is 1.15 bits per heavy atom. The Labute approximate surface area is 79.3 Å². The van der Waals surface area contributed by atoms with Crippen LogP contribution in [0.15, 0.2) is 0 Å². The first kappa shape index (κ1) is 9.04. The van der Waals surface area contributed by atoms with Crippen molar-refractivity contribution in [1.29, 1.82) is 0 Å². The Kier molecular flexibility index (Phi) is 2.31. The summed E-state index contributed by atoms with van der Waals surface area (Å²) in [5.41, 5.74) is -0.320. The Bertz CT molecular complexity index is 212. The van der Waals surface area contributed by atoms with E-state index in [2.05, 4.69) is 0 Å². The van der Waals surface area contributed by atoms with Gasteiger partial charge in [0, 0.05) is 0 Å². The molecule has 0 aromatic heterocycles. The first-order valence-corrected chi connectivity index (χ1v) is 5.46. The van der Waals surface area contributed by atoms with Gasteiger partial charge in [-0.2, -0.15) is 0 Å². The maximum absolute atomic E-state index is 11.2. The monoisotopic (exact) mass is 182 g/mol. The molecule has 2 rings (SSSR count). The van der Waals surface area contributed by atoms with Crippen LogP contribution in [-0.4, -0.2) is 11.1 Å². The second kappa shape index (κ2) is 3.32. The van der Waals surface area contributed by atoms with Gasteiger partial charge in [0.15, 0.2) is 0 Å². The van der Waals surface area contributed by atoms with Crippen molar-refractivity contribution in [1.82, 2.24) is 0 Å². The lowest BCUT2D eigenvalue weighted by Crippen LogP contribution is -2.35. The predicted molar refractivity (Wildman–Crippen MR) is 50.5 cm³/mol. The zero-order chi connectivity index (χ0) is 9.31. The molecule has 0 aliphatic heterocycles. The molecule has 0 aromatic carbocycles. The highest BCUT2D eigenvalue weighted by molar-refractivity contribution is 5.74. The van der Waals surface area contributed by atoms with Crippen molar-refractivity contribution in [2.75, 3.05) is 0 Å². The second-order valence-electron chi connectivity index (χ2n) is 4.79. The van der Waals surface area contributed by atoms with Crippen LogP contribution in [0, 0.1) is 11.3 Å². The van der Waals surface area contributed by atoms with Crippen LogP contribution < -0.4 is 0 Å². The van der Waals surface area contributed by atoms with Crippen molar-refractivity contribution in [3.8, 4) is 0 Å². The molecule has 74 valence electrons. The van der Waals surface area contributed by atoms with Gasteiger partial charge in [0.2, 0.25) is 0 Å². The van der Waals surface area contributed by atoms with Crippen LogP contribution in [0.1, 0.15) is 51.4 Å². The maximum Gasteiger partial charge on any atom is 0.309 e. The van der Waals surface area contributed by atoms with Crippen LogP contribution in [0.2, 0.25) is 0 Å². The predicted octanol–water partition coefficient (Wildman–Crippen LogP) is 2.82. The largest absolute Gasteiger partial charge is 0.481 e. The van der Waals surface area contributed by atoms with Crippen LogP contribution >= 0.6 is 0 Å². The van der Waals surface area contributed by atoms with E-state index in [1.54, 1.807) is 0 Å². The van der Waals surface area contributed by atoms with Crippen LogP contribution in [0.5, 0.6) is 0 Å². The number of aliphatic carboxylic acids is 1. The summed E-state index contributed by atoms with van der Waals surface area (Å²) in [4.78, 5) is 11.2. The van der Waals surface area contributed by atoms with Gasteiger partial charge in [0.05, 0.1) is 5.41 Å². The molecule has 2 unspecified atom stereocenters. The topological polar surface area (TPSA) is 37.3 Å². The fourth-order valence-corrected chi connectivity index (χ4v) is 3.16. The van der Waals surface area contributed by atoms with Crippen molar-refractivity contribution >= 4 is 5.97 Å². The standard InChI is InChI=1S/C11H18O2/c12-10(13)11-6-2-1-4-9(8-11)5-3-7-11/h9H,1-8H2,(H,12,13). The minimum absolute atomic E-state index is 0.320. The zero-order valence-electron chi connectivity index (χ0n) is 8.09. The molecular formula is C11H18O2. The first-order chi connectivity index (χ1) is 6.23. The smallest absolute Gasteiger partial charge is 0.309 e. The molecule has 0 radical (unpaired) electrons. The van der Waals surface area contributed by atoms with Crippen molar-refractivity contribution in [3.63, 3.8) is 0 Å². The molecule has 2 aliphatic rings. The summed E-state index contributed by atoms with van der Waals surface area (Å²) >= 11 is 0. The Balaban J connectivity index is 2.18. The molecule has 0 spiro atoms. The zero-order valence-corrected chi connectivity index (χ0v) is 8.09. The molecule has 2 atom stereocenters. The Morgan fingerprint density at radius 3 is 2.62 bits per heavy atom. The van der Waals surface area contributed by atoms with E-state index in [9.17, 15) is 9.90 Å². The van der Waals surface area contributed by atoms with E-state index >= 15 is 0 Å². The van der Waals surface area contributed by atoms with Crippen molar-refractivity contribution in [2.45, 2.75) is 51.4 Å². The summed E-state index contributed by atoms with van der Waals surface area (Å²) in [5, 5.41) is 9.27. The number of fused-ring (bicyclic) bond motifs is 2. The minimum atomic E-state index is -0.529. The van der Waals surface area contributed by atoms with E-state index in [1.807, 2.05) is 0 Å². The fraction of sp³-hybridized carbons (Fsp3) is 0.909. The van der Waals surface area contributed by atoms with Gasteiger partial charge in [-0.15, -0.1) is 0 Å². The highest BCUT2D eigenvalue weighted by Gasteiger charge is 2.43. The minimum Gasteiger partial charge on any atom is -0.481 e. The number of rotatable bonds is 1. The van der Waals surface area contributed by atoms with E-state index in [0.29, 0.717) is 5.92 Å². The molecule has 2 nitrogen and oxygen atoms in total. The third kappa shape index (κ3) is 1.59. The Hall–Kier alpha value is -0.530. The van der Waals surface area contributed by atoms with Crippen molar-refractivity contribution in [2.24, 2.45) is 11.3 Å². The summed E-state index contributed by atoms with van der Waals surface area (Å²) in [6.45, 7) is 0. The van der Waals surface area contributed by atoms with E-state index < -0.39 is 5.97 Å². The van der Waals surface area contributed by atoms with Gasteiger partial charge in [-0.3, -0.25) is 4.79 Å². The van der Waals surface area contributed by atoms with Crippen molar-refractivity contribution in [3.05, 3.63) is 0 Å². The van der Waals surface area contributed by atoms with E-state index in [0.717, 1.165) is 32.1 Å². The number of hydrogen-bond donors (Lipinski definition) is 1. The SMILES string of the molecule is O=C(O)C12CCCCC(CCC1)C2. The van der Waals surface area contributed by atoms with Gasteiger partial charge >= 0.3 is 5.97 Å². The van der Waals surface area contributed by atoms with Gasteiger partial charge in [-0.1, -0.05) is 32.1 Å². The number of carboxylic acid groups (broad SMARTS) is 1. The van der Waals surface area contributed by atoms with E-state index in [4.69, 9.17) is 0 Å². The van der Waals surface area contributed by atoms with Crippen LogP contribution in [-0.2, 0) is 4.79 Å².